The van der Waals surface area contributed by atoms with Crippen molar-refractivity contribution in [2.45, 2.75) is 0 Å². The van der Waals surface area contributed by atoms with Crippen LogP contribution in [0.15, 0.2) is 4.42 Å². The first-order valence-corrected chi connectivity index (χ1v) is 3.26. The molecule has 0 aliphatic carbocycles. The molecule has 0 aromatic carbocycles. The maximum absolute atomic E-state index is 10.3. The van der Waals surface area contributed by atoms with Gasteiger partial charge in [-0.25, -0.2) is 4.79 Å². The van der Waals surface area contributed by atoms with Gasteiger partial charge in [0.25, 0.3) is 0 Å². The molecule has 0 saturated carbocycles. The zero-order chi connectivity index (χ0) is 8.59. The summed E-state index contributed by atoms with van der Waals surface area (Å²) in [7, 11) is 0. The smallest absolute Gasteiger partial charge is 0.373 e. The topological polar surface area (TPSA) is 76.5 Å². The lowest BCUT2D eigenvalue weighted by Gasteiger charge is -1.85. The molecule has 0 aliphatic rings. The highest BCUT2D eigenvalue weighted by Gasteiger charge is 2.20. The number of carboxylic acid groups (broad SMARTS) is 1. The van der Waals surface area contributed by atoms with Crippen LogP contribution in [0.3, 0.4) is 0 Å². The molecule has 0 unspecified atom stereocenters. The predicted octanol–water partition coefficient (Wildman–Crippen LogP) is 1.87. The van der Waals surface area contributed by atoms with Crippen molar-refractivity contribution >= 4 is 34.9 Å². The van der Waals surface area contributed by atoms with Crippen molar-refractivity contribution in [1.29, 1.82) is 0 Å². The van der Waals surface area contributed by atoms with Gasteiger partial charge in [-0.2, -0.15) is 0 Å². The second-order valence-electron chi connectivity index (χ2n) is 1.74. The zero-order valence-corrected chi connectivity index (χ0v) is 6.61. The summed E-state index contributed by atoms with van der Waals surface area (Å²) < 4.78 is 4.52. The molecule has 1 rings (SSSR count). The van der Waals surface area contributed by atoms with Gasteiger partial charge in [0.15, 0.2) is 0 Å². The second kappa shape index (κ2) is 2.64. The van der Waals surface area contributed by atoms with Crippen molar-refractivity contribution in [2.75, 3.05) is 5.73 Å². The third kappa shape index (κ3) is 1.27. The Hall–Kier alpha value is -0.870. The van der Waals surface area contributed by atoms with Crippen molar-refractivity contribution in [3.05, 3.63) is 16.0 Å². The quantitative estimate of drug-likeness (QED) is 0.718. The molecular weight excluding hydrogens is 193 g/mol. The summed E-state index contributed by atoms with van der Waals surface area (Å²) in [5, 5.41) is 8.05. The molecule has 1 heterocycles. The van der Waals surface area contributed by atoms with E-state index < -0.39 is 11.7 Å². The van der Waals surface area contributed by atoms with E-state index in [4.69, 9.17) is 34.0 Å². The Morgan fingerprint density at radius 1 is 1.55 bits per heavy atom. The molecule has 3 N–H and O–H groups in total. The van der Waals surface area contributed by atoms with Gasteiger partial charge in [0.1, 0.15) is 10.7 Å². The highest BCUT2D eigenvalue weighted by Crippen LogP contribution is 2.33. The lowest BCUT2D eigenvalue weighted by atomic mass is 10.4. The molecule has 1 aromatic rings. The first kappa shape index (κ1) is 8.23. The Kier molecular flexibility index (Phi) is 1.97. The molecule has 1 aromatic heterocycles. The highest BCUT2D eigenvalue weighted by atomic mass is 35.5. The number of furan rings is 1. The van der Waals surface area contributed by atoms with E-state index >= 15 is 0 Å². The summed E-state index contributed by atoms with van der Waals surface area (Å²) in [4.78, 5) is 10.3. The molecule has 0 fully saturated rings. The SMILES string of the molecule is Nc1c(Cl)oc(C(=O)O)c1Cl. The minimum absolute atomic E-state index is 0.0502. The van der Waals surface area contributed by atoms with E-state index in [1.54, 1.807) is 0 Å². The highest BCUT2D eigenvalue weighted by molar-refractivity contribution is 6.40. The maximum Gasteiger partial charge on any atom is 0.373 e. The fourth-order valence-electron chi connectivity index (χ4n) is 0.536. The van der Waals surface area contributed by atoms with Crippen molar-refractivity contribution in [3.63, 3.8) is 0 Å². The minimum Gasteiger partial charge on any atom is -0.475 e. The number of anilines is 1. The molecule has 60 valence electrons. The third-order valence-electron chi connectivity index (χ3n) is 1.03. The summed E-state index contributed by atoms with van der Waals surface area (Å²) in [6, 6.07) is 0. The van der Waals surface area contributed by atoms with Gasteiger partial charge in [0.2, 0.25) is 11.0 Å². The molecule has 0 bridgehead atoms. The monoisotopic (exact) mass is 195 g/mol. The second-order valence-corrected chi connectivity index (χ2v) is 2.46. The van der Waals surface area contributed by atoms with Crippen LogP contribution in [0.25, 0.3) is 0 Å². The molecule has 4 nitrogen and oxygen atoms in total. The first-order valence-electron chi connectivity index (χ1n) is 2.50. The van der Waals surface area contributed by atoms with Gasteiger partial charge in [-0.1, -0.05) is 11.6 Å². The molecule has 0 saturated heterocycles. The van der Waals surface area contributed by atoms with Crippen LogP contribution >= 0.6 is 23.2 Å². The van der Waals surface area contributed by atoms with Gasteiger partial charge in [-0.15, -0.1) is 0 Å². The summed E-state index contributed by atoms with van der Waals surface area (Å²) in [6.45, 7) is 0. The number of hydrogen-bond acceptors (Lipinski definition) is 3. The summed E-state index contributed by atoms with van der Waals surface area (Å²) in [6.07, 6.45) is 0. The number of nitrogens with two attached hydrogens (primary N) is 1. The number of nitrogen functional groups attached to an aromatic ring is 1. The molecule has 0 aliphatic heterocycles. The number of halogens is 2. The molecule has 11 heavy (non-hydrogen) atoms. The summed E-state index contributed by atoms with van der Waals surface area (Å²) in [5.74, 6) is -1.73. The van der Waals surface area contributed by atoms with Crippen molar-refractivity contribution in [2.24, 2.45) is 0 Å². The average molecular weight is 196 g/mol. The summed E-state index contributed by atoms with van der Waals surface area (Å²) in [5.41, 5.74) is 5.17. The van der Waals surface area contributed by atoms with Gasteiger partial charge < -0.3 is 15.3 Å². The Bertz CT molecular complexity index is 307. The molecule has 0 amide bonds. The minimum atomic E-state index is -1.30. The lowest BCUT2D eigenvalue weighted by molar-refractivity contribution is 0.0663. The Labute approximate surface area is 71.5 Å². The van der Waals surface area contributed by atoms with E-state index in [2.05, 4.69) is 4.42 Å². The number of carbonyl (C=O) groups is 1. The Morgan fingerprint density at radius 3 is 2.27 bits per heavy atom. The van der Waals surface area contributed by atoms with Crippen LogP contribution < -0.4 is 5.73 Å². The Morgan fingerprint density at radius 2 is 2.09 bits per heavy atom. The third-order valence-corrected chi connectivity index (χ3v) is 1.69. The van der Waals surface area contributed by atoms with Crippen LogP contribution in [0.4, 0.5) is 5.69 Å². The van der Waals surface area contributed by atoms with E-state index in [-0.39, 0.29) is 15.9 Å². The molecule has 6 heteroatoms. The van der Waals surface area contributed by atoms with Crippen LogP contribution in [0.1, 0.15) is 10.6 Å². The fraction of sp³-hybridized carbons (Fsp3) is 0. The normalized spacial score (nSPS) is 10.0. The van der Waals surface area contributed by atoms with Gasteiger partial charge in [-0.3, -0.25) is 0 Å². The summed E-state index contributed by atoms with van der Waals surface area (Å²) >= 11 is 10.8. The van der Waals surface area contributed by atoms with E-state index in [0.29, 0.717) is 0 Å². The van der Waals surface area contributed by atoms with Gasteiger partial charge in [-0.05, 0) is 11.6 Å². The number of aromatic carboxylic acids is 1. The molecule has 0 radical (unpaired) electrons. The van der Waals surface area contributed by atoms with Gasteiger partial charge in [0, 0.05) is 0 Å². The van der Waals surface area contributed by atoms with Gasteiger partial charge in [0.05, 0.1) is 0 Å². The van der Waals surface area contributed by atoms with Crippen LogP contribution in [-0.4, -0.2) is 11.1 Å². The zero-order valence-electron chi connectivity index (χ0n) is 5.10. The Balaban J connectivity index is 3.29. The van der Waals surface area contributed by atoms with Crippen molar-refractivity contribution < 1.29 is 14.3 Å². The number of carboxylic acids is 1. The number of rotatable bonds is 1. The van der Waals surface area contributed by atoms with Crippen molar-refractivity contribution in [3.8, 4) is 0 Å². The number of hydrogen-bond donors (Lipinski definition) is 2. The van der Waals surface area contributed by atoms with Crippen LogP contribution in [0, 0.1) is 0 Å². The largest absolute Gasteiger partial charge is 0.475 e. The molecule has 0 spiro atoms. The molecule has 0 atom stereocenters. The van der Waals surface area contributed by atoms with E-state index in [0.717, 1.165) is 0 Å². The molecular formula is C5H3Cl2NO3. The maximum atomic E-state index is 10.3. The van der Waals surface area contributed by atoms with E-state index in [1.165, 1.54) is 0 Å². The van der Waals surface area contributed by atoms with E-state index in [9.17, 15) is 4.79 Å². The predicted molar refractivity (Wildman–Crippen MR) is 40.1 cm³/mol. The van der Waals surface area contributed by atoms with Crippen LogP contribution in [-0.2, 0) is 0 Å². The lowest BCUT2D eigenvalue weighted by Crippen LogP contribution is -1.94. The average Bonchev–Trinajstić information content (AvgIpc) is 2.17. The van der Waals surface area contributed by atoms with Crippen molar-refractivity contribution in [1.82, 2.24) is 0 Å². The fourth-order valence-corrected chi connectivity index (χ4v) is 0.961. The van der Waals surface area contributed by atoms with E-state index in [1.807, 2.05) is 0 Å². The van der Waals surface area contributed by atoms with Crippen LogP contribution in [0.5, 0.6) is 0 Å². The van der Waals surface area contributed by atoms with Crippen LogP contribution in [0.2, 0.25) is 10.2 Å². The standard InChI is InChI=1S/C5H3Cl2NO3/c6-1-2(8)4(7)11-3(1)5(9)10/h8H2,(H,9,10). The first-order chi connectivity index (χ1) is 5.04. The van der Waals surface area contributed by atoms with Gasteiger partial charge >= 0.3 is 5.97 Å².